The Kier molecular flexibility index (Phi) is 5.07. The van der Waals surface area contributed by atoms with E-state index in [1.165, 1.54) is 32.4 Å². The fourth-order valence-corrected chi connectivity index (χ4v) is 3.12. The van der Waals surface area contributed by atoms with Crippen LogP contribution in [0.4, 0.5) is 0 Å². The minimum Gasteiger partial charge on any atom is -0.311 e. The minimum absolute atomic E-state index is 0.610. The molecular weight excluding hydrogens is 282 g/mol. The van der Waals surface area contributed by atoms with Gasteiger partial charge in [0.05, 0.1) is 5.52 Å². The first kappa shape index (κ1) is 14.8. The van der Waals surface area contributed by atoms with Crippen molar-refractivity contribution in [3.05, 3.63) is 41.0 Å². The summed E-state index contributed by atoms with van der Waals surface area (Å²) in [7, 11) is 0. The molecule has 1 fully saturated rings. The monoisotopic (exact) mass is 303 g/mol. The smallest absolute Gasteiger partial charge is 0.134 e. The third-order valence-corrected chi connectivity index (χ3v) is 4.45. The predicted molar refractivity (Wildman–Crippen MR) is 88.8 cm³/mol. The van der Waals surface area contributed by atoms with Gasteiger partial charge in [0.1, 0.15) is 5.15 Å². The molecule has 1 aliphatic heterocycles. The highest BCUT2D eigenvalue weighted by Gasteiger charge is 2.09. The molecule has 3 nitrogen and oxygen atoms in total. The van der Waals surface area contributed by atoms with E-state index in [1.54, 1.807) is 0 Å². The molecule has 0 bridgehead atoms. The highest BCUT2D eigenvalue weighted by Crippen LogP contribution is 2.20. The Bertz CT molecular complexity index is 594. The number of likely N-dealkylation sites (tertiary alicyclic amines) is 1. The van der Waals surface area contributed by atoms with Crippen LogP contribution in [-0.4, -0.2) is 36.1 Å². The standard InChI is InChI=1S/C17H22ClN3/c18-17-15(12-14-6-2-3-7-16(14)20-17)13-19-8-11-21-9-4-1-5-10-21/h2-3,6-7,12,19H,1,4-5,8-11,13H2. The van der Waals surface area contributed by atoms with Crippen LogP contribution < -0.4 is 5.32 Å². The molecule has 0 unspecified atom stereocenters. The minimum atomic E-state index is 0.610. The maximum absolute atomic E-state index is 6.27. The molecule has 0 atom stereocenters. The molecule has 112 valence electrons. The average molecular weight is 304 g/mol. The van der Waals surface area contributed by atoms with Crippen molar-refractivity contribution in [2.24, 2.45) is 0 Å². The number of pyridine rings is 1. The van der Waals surface area contributed by atoms with Gasteiger partial charge in [0.15, 0.2) is 0 Å². The molecule has 2 aromatic rings. The van der Waals surface area contributed by atoms with E-state index in [9.17, 15) is 0 Å². The van der Waals surface area contributed by atoms with Gasteiger partial charge >= 0.3 is 0 Å². The summed E-state index contributed by atoms with van der Waals surface area (Å²) in [5, 5.41) is 5.25. The molecule has 0 saturated carbocycles. The maximum atomic E-state index is 6.27. The molecule has 1 saturated heterocycles. The Morgan fingerprint density at radius 1 is 1.14 bits per heavy atom. The molecule has 21 heavy (non-hydrogen) atoms. The van der Waals surface area contributed by atoms with E-state index in [-0.39, 0.29) is 0 Å². The van der Waals surface area contributed by atoms with E-state index < -0.39 is 0 Å². The molecule has 2 heterocycles. The second kappa shape index (κ2) is 7.21. The molecular formula is C17H22ClN3. The van der Waals surface area contributed by atoms with Crippen LogP contribution in [0.2, 0.25) is 5.15 Å². The van der Waals surface area contributed by atoms with Crippen LogP contribution in [0, 0.1) is 0 Å². The summed E-state index contributed by atoms with van der Waals surface area (Å²) >= 11 is 6.27. The van der Waals surface area contributed by atoms with Crippen molar-refractivity contribution in [1.82, 2.24) is 15.2 Å². The molecule has 1 aliphatic rings. The van der Waals surface area contributed by atoms with Crippen LogP contribution in [0.1, 0.15) is 24.8 Å². The van der Waals surface area contributed by atoms with Crippen molar-refractivity contribution >= 4 is 22.5 Å². The van der Waals surface area contributed by atoms with Crippen molar-refractivity contribution in [3.63, 3.8) is 0 Å². The van der Waals surface area contributed by atoms with Gasteiger partial charge in [0, 0.05) is 30.6 Å². The topological polar surface area (TPSA) is 28.2 Å². The summed E-state index contributed by atoms with van der Waals surface area (Å²) < 4.78 is 0. The van der Waals surface area contributed by atoms with Gasteiger partial charge < -0.3 is 10.2 Å². The fraction of sp³-hybridized carbons (Fsp3) is 0.471. The van der Waals surface area contributed by atoms with Crippen molar-refractivity contribution in [2.75, 3.05) is 26.2 Å². The molecule has 1 N–H and O–H groups in total. The number of benzene rings is 1. The summed E-state index contributed by atoms with van der Waals surface area (Å²) in [6, 6.07) is 10.2. The lowest BCUT2D eigenvalue weighted by Crippen LogP contribution is -2.35. The Morgan fingerprint density at radius 2 is 1.95 bits per heavy atom. The van der Waals surface area contributed by atoms with E-state index in [2.05, 4.69) is 27.3 Å². The van der Waals surface area contributed by atoms with Gasteiger partial charge in [-0.15, -0.1) is 0 Å². The highest BCUT2D eigenvalue weighted by atomic mass is 35.5. The zero-order chi connectivity index (χ0) is 14.5. The van der Waals surface area contributed by atoms with Gasteiger partial charge in [0.25, 0.3) is 0 Å². The molecule has 0 amide bonds. The Labute approximate surface area is 131 Å². The average Bonchev–Trinajstić information content (AvgIpc) is 2.53. The highest BCUT2D eigenvalue weighted by molar-refractivity contribution is 6.30. The van der Waals surface area contributed by atoms with Crippen molar-refractivity contribution in [1.29, 1.82) is 0 Å². The normalized spacial score (nSPS) is 16.4. The zero-order valence-corrected chi connectivity index (χ0v) is 13.1. The fourth-order valence-electron chi connectivity index (χ4n) is 2.90. The molecule has 4 heteroatoms. The van der Waals surface area contributed by atoms with Crippen molar-refractivity contribution in [2.45, 2.75) is 25.8 Å². The summed E-state index contributed by atoms with van der Waals surface area (Å²) in [5.74, 6) is 0. The lowest BCUT2D eigenvalue weighted by atomic mass is 10.1. The second-order valence-corrected chi connectivity index (χ2v) is 6.07. The summed E-state index contributed by atoms with van der Waals surface area (Å²) in [6.07, 6.45) is 4.09. The number of hydrogen-bond donors (Lipinski definition) is 1. The zero-order valence-electron chi connectivity index (χ0n) is 12.3. The molecule has 1 aromatic carbocycles. The van der Waals surface area contributed by atoms with Gasteiger partial charge in [-0.3, -0.25) is 0 Å². The molecule has 0 aliphatic carbocycles. The maximum Gasteiger partial charge on any atom is 0.134 e. The number of nitrogens with one attached hydrogen (secondary N) is 1. The van der Waals surface area contributed by atoms with Gasteiger partial charge in [0.2, 0.25) is 0 Å². The van der Waals surface area contributed by atoms with Crippen LogP contribution >= 0.6 is 11.6 Å². The van der Waals surface area contributed by atoms with E-state index in [1.807, 2.05) is 18.2 Å². The van der Waals surface area contributed by atoms with Gasteiger partial charge in [-0.1, -0.05) is 36.2 Å². The van der Waals surface area contributed by atoms with Crippen LogP contribution in [0.15, 0.2) is 30.3 Å². The van der Waals surface area contributed by atoms with Crippen molar-refractivity contribution < 1.29 is 0 Å². The third-order valence-electron chi connectivity index (χ3n) is 4.12. The summed E-state index contributed by atoms with van der Waals surface area (Å²) in [6.45, 7) is 5.41. The van der Waals surface area contributed by atoms with E-state index in [0.29, 0.717) is 5.15 Å². The van der Waals surface area contributed by atoms with E-state index in [0.717, 1.165) is 36.1 Å². The number of piperidine rings is 1. The largest absolute Gasteiger partial charge is 0.311 e. The van der Waals surface area contributed by atoms with Crippen LogP contribution in [0.3, 0.4) is 0 Å². The number of rotatable bonds is 5. The van der Waals surface area contributed by atoms with Crippen LogP contribution in [0.5, 0.6) is 0 Å². The van der Waals surface area contributed by atoms with Gasteiger partial charge in [-0.2, -0.15) is 0 Å². The molecule has 3 rings (SSSR count). The number of hydrogen-bond acceptors (Lipinski definition) is 3. The second-order valence-electron chi connectivity index (χ2n) is 5.71. The molecule has 1 aromatic heterocycles. The number of aromatic nitrogens is 1. The first-order valence-corrected chi connectivity index (χ1v) is 8.18. The van der Waals surface area contributed by atoms with Gasteiger partial charge in [-0.05, 0) is 38.1 Å². The number of para-hydroxylation sites is 1. The van der Waals surface area contributed by atoms with Crippen LogP contribution in [-0.2, 0) is 6.54 Å². The quantitative estimate of drug-likeness (QED) is 0.677. The summed E-state index contributed by atoms with van der Waals surface area (Å²) in [5.41, 5.74) is 2.04. The Balaban J connectivity index is 1.53. The lowest BCUT2D eigenvalue weighted by molar-refractivity contribution is 0.229. The SMILES string of the molecule is Clc1nc2ccccc2cc1CNCCN1CCCCC1. The molecule has 0 spiro atoms. The lowest BCUT2D eigenvalue weighted by Gasteiger charge is -2.26. The first-order valence-electron chi connectivity index (χ1n) is 7.80. The number of fused-ring (bicyclic) bond motifs is 1. The Morgan fingerprint density at radius 3 is 2.81 bits per heavy atom. The first-order chi connectivity index (χ1) is 10.3. The molecule has 0 radical (unpaired) electrons. The summed E-state index contributed by atoms with van der Waals surface area (Å²) in [4.78, 5) is 7.00. The van der Waals surface area contributed by atoms with Crippen molar-refractivity contribution in [3.8, 4) is 0 Å². The Hall–Kier alpha value is -1.16. The third kappa shape index (κ3) is 3.94. The predicted octanol–water partition coefficient (Wildman–Crippen LogP) is 3.46. The van der Waals surface area contributed by atoms with Crippen LogP contribution in [0.25, 0.3) is 10.9 Å². The van der Waals surface area contributed by atoms with E-state index in [4.69, 9.17) is 11.6 Å². The number of nitrogens with zero attached hydrogens (tertiary/aromatic N) is 2. The number of halogens is 1. The van der Waals surface area contributed by atoms with Gasteiger partial charge in [-0.25, -0.2) is 4.98 Å². The van der Waals surface area contributed by atoms with E-state index >= 15 is 0 Å².